The van der Waals surface area contributed by atoms with Crippen LogP contribution in [0.2, 0.25) is 0 Å². The zero-order chi connectivity index (χ0) is 22.6. The highest BCUT2D eigenvalue weighted by molar-refractivity contribution is 5.82. The normalized spacial score (nSPS) is 16.3. The van der Waals surface area contributed by atoms with Gasteiger partial charge in [-0.3, -0.25) is 14.9 Å². The van der Waals surface area contributed by atoms with Gasteiger partial charge in [-0.05, 0) is 43.4 Å². The van der Waals surface area contributed by atoms with Crippen LogP contribution in [0.25, 0.3) is 0 Å². The Balaban J connectivity index is 1.87. The Morgan fingerprint density at radius 1 is 1.10 bits per heavy atom. The first kappa shape index (κ1) is 25.0. The first-order valence-electron chi connectivity index (χ1n) is 11.5. The van der Waals surface area contributed by atoms with E-state index in [-0.39, 0.29) is 37.0 Å². The van der Waals surface area contributed by atoms with Gasteiger partial charge < -0.3 is 20.1 Å². The van der Waals surface area contributed by atoms with Crippen LogP contribution in [0.5, 0.6) is 11.5 Å². The number of hydrogen-bond acceptors (Lipinski definition) is 5. The molecule has 1 saturated carbocycles. The number of ether oxygens (including phenoxy) is 2. The molecule has 174 valence electrons. The predicted octanol–water partition coefficient (Wildman–Crippen LogP) is 3.16. The predicted molar refractivity (Wildman–Crippen MR) is 122 cm³/mol. The summed E-state index contributed by atoms with van der Waals surface area (Å²) in [5.41, 5.74) is 0.836. The van der Waals surface area contributed by atoms with E-state index in [1.165, 1.54) is 32.1 Å². The Morgan fingerprint density at radius 3 is 2.45 bits per heavy atom. The van der Waals surface area contributed by atoms with Gasteiger partial charge in [-0.2, -0.15) is 0 Å². The van der Waals surface area contributed by atoms with Crippen molar-refractivity contribution >= 4 is 11.8 Å². The molecule has 1 aromatic rings. The summed E-state index contributed by atoms with van der Waals surface area (Å²) < 4.78 is 10.5. The smallest absolute Gasteiger partial charge is 0.237 e. The number of carbonyl (C=O) groups is 2. The summed E-state index contributed by atoms with van der Waals surface area (Å²) in [6, 6.07) is 5.29. The molecular weight excluding hydrogens is 394 g/mol. The van der Waals surface area contributed by atoms with Gasteiger partial charge in [-0.1, -0.05) is 45.1 Å². The summed E-state index contributed by atoms with van der Waals surface area (Å²) >= 11 is 0. The van der Waals surface area contributed by atoms with Crippen molar-refractivity contribution in [3.8, 4) is 11.5 Å². The minimum atomic E-state index is -0.293. The molecule has 1 aromatic carbocycles. The molecule has 1 aliphatic rings. The molecule has 2 atom stereocenters. The molecule has 0 bridgehead atoms. The van der Waals surface area contributed by atoms with Crippen LogP contribution in [0, 0.1) is 5.92 Å². The standard InChI is InChI=1S/C24H39N3O4/c1-5-17(2)27-24(29)20(13-18-9-7-6-8-10-18)25-16-26-23(28)15-19-11-12-21(30-3)22(14-19)31-4/h11-12,14,17-18,20,25H,5-10,13,15-16H2,1-4H3,(H,26,28)(H,27,29). The summed E-state index contributed by atoms with van der Waals surface area (Å²) in [6.07, 6.45) is 8.08. The molecule has 0 radical (unpaired) electrons. The van der Waals surface area contributed by atoms with Gasteiger partial charge in [0.2, 0.25) is 11.8 Å². The second-order valence-corrected chi connectivity index (χ2v) is 8.46. The van der Waals surface area contributed by atoms with E-state index in [1.54, 1.807) is 26.4 Å². The lowest BCUT2D eigenvalue weighted by Gasteiger charge is -2.27. The van der Waals surface area contributed by atoms with Crippen LogP contribution in [-0.2, 0) is 16.0 Å². The Labute approximate surface area is 186 Å². The lowest BCUT2D eigenvalue weighted by atomic mass is 9.84. The fraction of sp³-hybridized carbons (Fsp3) is 0.667. The minimum absolute atomic E-state index is 0.0223. The molecule has 0 spiro atoms. The van der Waals surface area contributed by atoms with Gasteiger partial charge in [-0.25, -0.2) is 0 Å². The number of methoxy groups -OCH3 is 2. The third-order valence-electron chi connectivity index (χ3n) is 6.06. The third kappa shape index (κ3) is 8.40. The van der Waals surface area contributed by atoms with Crippen LogP contribution >= 0.6 is 0 Å². The van der Waals surface area contributed by atoms with Crippen molar-refractivity contribution < 1.29 is 19.1 Å². The van der Waals surface area contributed by atoms with Gasteiger partial charge in [0.25, 0.3) is 0 Å². The summed E-state index contributed by atoms with van der Waals surface area (Å²) in [4.78, 5) is 25.2. The van der Waals surface area contributed by atoms with Crippen LogP contribution in [0.1, 0.15) is 64.4 Å². The quantitative estimate of drug-likeness (QED) is 0.441. The number of hydrogen-bond donors (Lipinski definition) is 3. The van der Waals surface area contributed by atoms with Crippen molar-refractivity contribution in [2.24, 2.45) is 5.92 Å². The molecule has 31 heavy (non-hydrogen) atoms. The number of rotatable bonds is 12. The zero-order valence-electron chi connectivity index (χ0n) is 19.5. The topological polar surface area (TPSA) is 88.7 Å². The Hall–Kier alpha value is -2.28. The Morgan fingerprint density at radius 2 is 1.81 bits per heavy atom. The number of benzene rings is 1. The van der Waals surface area contributed by atoms with E-state index < -0.39 is 0 Å². The molecule has 0 aromatic heterocycles. The van der Waals surface area contributed by atoms with Crippen molar-refractivity contribution in [2.45, 2.75) is 77.3 Å². The fourth-order valence-corrected chi connectivity index (χ4v) is 4.00. The molecule has 2 unspecified atom stereocenters. The van der Waals surface area contributed by atoms with Gasteiger partial charge in [0, 0.05) is 6.04 Å². The monoisotopic (exact) mass is 433 g/mol. The molecule has 0 aliphatic heterocycles. The van der Waals surface area contributed by atoms with Gasteiger partial charge >= 0.3 is 0 Å². The maximum absolute atomic E-state index is 12.8. The largest absolute Gasteiger partial charge is 0.493 e. The van der Waals surface area contributed by atoms with E-state index in [0.717, 1.165) is 18.4 Å². The van der Waals surface area contributed by atoms with Crippen molar-refractivity contribution in [3.63, 3.8) is 0 Å². The van der Waals surface area contributed by atoms with Crippen molar-refractivity contribution in [3.05, 3.63) is 23.8 Å². The minimum Gasteiger partial charge on any atom is -0.493 e. The molecular formula is C24H39N3O4. The Bertz CT molecular complexity index is 704. The molecule has 0 heterocycles. The highest BCUT2D eigenvalue weighted by atomic mass is 16.5. The maximum atomic E-state index is 12.8. The van der Waals surface area contributed by atoms with Crippen LogP contribution < -0.4 is 25.4 Å². The van der Waals surface area contributed by atoms with Crippen molar-refractivity contribution in [1.29, 1.82) is 0 Å². The van der Waals surface area contributed by atoms with Gasteiger partial charge in [-0.15, -0.1) is 0 Å². The molecule has 1 fully saturated rings. The van der Waals surface area contributed by atoms with Gasteiger partial charge in [0.05, 0.1) is 33.4 Å². The molecule has 1 aliphatic carbocycles. The van der Waals surface area contributed by atoms with E-state index in [4.69, 9.17) is 9.47 Å². The average Bonchev–Trinajstić information content (AvgIpc) is 2.78. The third-order valence-corrected chi connectivity index (χ3v) is 6.06. The second-order valence-electron chi connectivity index (χ2n) is 8.46. The van der Waals surface area contributed by atoms with Crippen molar-refractivity contribution in [1.82, 2.24) is 16.0 Å². The van der Waals surface area contributed by atoms with Crippen LogP contribution in [-0.4, -0.2) is 44.8 Å². The summed E-state index contributed by atoms with van der Waals surface area (Å²) in [7, 11) is 3.15. The first-order chi connectivity index (χ1) is 15.0. The van der Waals surface area contributed by atoms with Crippen LogP contribution in [0.3, 0.4) is 0 Å². The molecule has 2 rings (SSSR count). The van der Waals surface area contributed by atoms with E-state index in [9.17, 15) is 9.59 Å². The van der Waals surface area contributed by atoms with E-state index >= 15 is 0 Å². The molecule has 2 amide bonds. The summed E-state index contributed by atoms with van der Waals surface area (Å²) in [6.45, 7) is 4.33. The highest BCUT2D eigenvalue weighted by Gasteiger charge is 2.24. The average molecular weight is 434 g/mol. The number of amides is 2. The van der Waals surface area contributed by atoms with E-state index in [2.05, 4.69) is 22.9 Å². The molecule has 7 heteroatoms. The van der Waals surface area contributed by atoms with E-state index in [0.29, 0.717) is 17.4 Å². The lowest BCUT2D eigenvalue weighted by molar-refractivity contribution is -0.125. The lowest BCUT2D eigenvalue weighted by Crippen LogP contribution is -2.51. The molecule has 3 N–H and O–H groups in total. The fourth-order valence-electron chi connectivity index (χ4n) is 4.00. The SMILES string of the molecule is CCC(C)NC(=O)C(CC1CCCCC1)NCNC(=O)Cc1ccc(OC)c(OC)c1. The van der Waals surface area contributed by atoms with Crippen LogP contribution in [0.4, 0.5) is 0 Å². The summed E-state index contributed by atoms with van der Waals surface area (Å²) in [5.74, 6) is 1.70. The Kier molecular flexibility index (Phi) is 10.6. The molecule has 0 saturated heterocycles. The zero-order valence-corrected chi connectivity index (χ0v) is 19.5. The molecule has 7 nitrogen and oxygen atoms in total. The first-order valence-corrected chi connectivity index (χ1v) is 11.5. The van der Waals surface area contributed by atoms with Gasteiger partial charge in [0.1, 0.15) is 0 Å². The number of nitrogens with one attached hydrogen (secondary N) is 3. The summed E-state index contributed by atoms with van der Waals surface area (Å²) in [5, 5.41) is 9.23. The van der Waals surface area contributed by atoms with E-state index in [1.807, 2.05) is 13.0 Å². The number of carbonyl (C=O) groups excluding carboxylic acids is 2. The second kappa shape index (κ2) is 13.2. The maximum Gasteiger partial charge on any atom is 0.237 e. The van der Waals surface area contributed by atoms with Gasteiger partial charge in [0.15, 0.2) is 11.5 Å². The highest BCUT2D eigenvalue weighted by Crippen LogP contribution is 2.28. The van der Waals surface area contributed by atoms with Crippen molar-refractivity contribution in [2.75, 3.05) is 20.9 Å². The van der Waals surface area contributed by atoms with Crippen LogP contribution in [0.15, 0.2) is 18.2 Å².